The molecule has 138 valence electrons. The number of benzene rings is 2. The molecule has 1 aliphatic heterocycles. The molecular weight excluding hydrogens is 326 g/mol. The molecular formula is C22H27NO3. The lowest BCUT2D eigenvalue weighted by Gasteiger charge is -2.29. The van der Waals surface area contributed by atoms with E-state index >= 15 is 0 Å². The van der Waals surface area contributed by atoms with Gasteiger partial charge in [0.05, 0.1) is 12.6 Å². The van der Waals surface area contributed by atoms with Gasteiger partial charge in [-0.15, -0.1) is 0 Å². The molecule has 1 atom stereocenters. The third-order valence-corrected chi connectivity index (χ3v) is 4.74. The maximum absolute atomic E-state index is 12.3. The van der Waals surface area contributed by atoms with Crippen LogP contribution in [-0.4, -0.2) is 12.7 Å². The topological polar surface area (TPSA) is 47.6 Å². The van der Waals surface area contributed by atoms with Crippen molar-refractivity contribution >= 4 is 6.09 Å². The van der Waals surface area contributed by atoms with Crippen LogP contribution in [0.3, 0.4) is 0 Å². The van der Waals surface area contributed by atoms with E-state index in [9.17, 15) is 4.79 Å². The Labute approximate surface area is 155 Å². The summed E-state index contributed by atoms with van der Waals surface area (Å²) in [4.78, 5) is 12.3. The molecule has 0 fully saturated rings. The molecule has 4 heteroatoms. The van der Waals surface area contributed by atoms with E-state index < -0.39 is 0 Å². The van der Waals surface area contributed by atoms with Crippen LogP contribution in [0.5, 0.6) is 11.5 Å². The van der Waals surface area contributed by atoms with Gasteiger partial charge in [0, 0.05) is 11.1 Å². The van der Waals surface area contributed by atoms with E-state index in [1.165, 1.54) is 19.3 Å². The second kappa shape index (κ2) is 8.75. The smallest absolute Gasteiger partial charge is 0.407 e. The monoisotopic (exact) mass is 353 g/mol. The molecule has 0 unspecified atom stereocenters. The molecule has 26 heavy (non-hydrogen) atoms. The molecule has 0 radical (unpaired) electrons. The Morgan fingerprint density at radius 1 is 1.04 bits per heavy atom. The zero-order valence-electron chi connectivity index (χ0n) is 15.6. The quantitative estimate of drug-likeness (QED) is 0.632. The Balaban J connectivity index is 1.68. The van der Waals surface area contributed by atoms with Crippen molar-refractivity contribution in [3.05, 3.63) is 59.2 Å². The number of ether oxygens (including phenoxy) is 2. The van der Waals surface area contributed by atoms with Crippen molar-refractivity contribution < 1.29 is 14.3 Å². The lowest BCUT2D eigenvalue weighted by atomic mass is 9.93. The molecule has 2 aromatic rings. The Morgan fingerprint density at radius 2 is 1.81 bits per heavy atom. The maximum Gasteiger partial charge on any atom is 0.407 e. The van der Waals surface area contributed by atoms with Crippen LogP contribution >= 0.6 is 0 Å². The lowest BCUT2D eigenvalue weighted by Crippen LogP contribution is -2.32. The summed E-state index contributed by atoms with van der Waals surface area (Å²) in [5, 5.41) is 3.02. The molecule has 0 aliphatic carbocycles. The Bertz CT molecular complexity index is 757. The van der Waals surface area contributed by atoms with Crippen LogP contribution in [0.2, 0.25) is 0 Å². The molecule has 1 amide bonds. The predicted octanol–water partition coefficient (Wildman–Crippen LogP) is 5.89. The zero-order chi connectivity index (χ0) is 18.4. The zero-order valence-corrected chi connectivity index (χ0v) is 15.6. The summed E-state index contributed by atoms with van der Waals surface area (Å²) >= 11 is 0. The number of unbranched alkanes of at least 4 members (excludes halogenated alkanes) is 4. The molecule has 1 N–H and O–H groups in total. The van der Waals surface area contributed by atoms with Crippen molar-refractivity contribution in [2.45, 2.75) is 52.0 Å². The van der Waals surface area contributed by atoms with Gasteiger partial charge in [-0.3, -0.25) is 0 Å². The van der Waals surface area contributed by atoms with Crippen LogP contribution < -0.4 is 10.1 Å². The van der Waals surface area contributed by atoms with Gasteiger partial charge in [0.15, 0.2) is 0 Å². The number of carbonyl (C=O) groups is 1. The Kier molecular flexibility index (Phi) is 6.16. The largest absolute Gasteiger partial charge is 0.456 e. The SMILES string of the molecule is CCCCCCCOC(=O)N[C@H]1c2ccccc2Oc2c(C)cccc21. The number of rotatable bonds is 7. The van der Waals surface area contributed by atoms with Crippen LogP contribution in [0, 0.1) is 6.92 Å². The third kappa shape index (κ3) is 4.18. The number of fused-ring (bicyclic) bond motifs is 2. The highest BCUT2D eigenvalue weighted by atomic mass is 16.5. The number of nitrogens with one attached hydrogen (secondary N) is 1. The summed E-state index contributed by atoms with van der Waals surface area (Å²) < 4.78 is 11.5. The van der Waals surface area contributed by atoms with Gasteiger partial charge >= 0.3 is 6.09 Å². The van der Waals surface area contributed by atoms with Crippen molar-refractivity contribution in [1.29, 1.82) is 0 Å². The number of aryl methyl sites for hydroxylation is 1. The highest BCUT2D eigenvalue weighted by Crippen LogP contribution is 2.44. The summed E-state index contributed by atoms with van der Waals surface area (Å²) in [6.07, 6.45) is 5.28. The molecule has 3 rings (SSSR count). The third-order valence-electron chi connectivity index (χ3n) is 4.74. The number of para-hydroxylation sites is 2. The van der Waals surface area contributed by atoms with Gasteiger partial charge in [-0.2, -0.15) is 0 Å². The van der Waals surface area contributed by atoms with Crippen LogP contribution in [0.1, 0.15) is 61.8 Å². The molecule has 0 saturated heterocycles. The Hall–Kier alpha value is -2.49. The van der Waals surface area contributed by atoms with E-state index in [1.807, 2.05) is 49.4 Å². The van der Waals surface area contributed by atoms with E-state index in [2.05, 4.69) is 12.2 Å². The molecule has 0 spiro atoms. The van der Waals surface area contributed by atoms with Gasteiger partial charge in [-0.1, -0.05) is 69.0 Å². The first-order chi connectivity index (χ1) is 12.7. The lowest BCUT2D eigenvalue weighted by molar-refractivity contribution is 0.141. The van der Waals surface area contributed by atoms with Crippen molar-refractivity contribution in [2.75, 3.05) is 6.61 Å². The van der Waals surface area contributed by atoms with Crippen molar-refractivity contribution in [3.8, 4) is 11.5 Å². The van der Waals surface area contributed by atoms with Gasteiger partial charge < -0.3 is 14.8 Å². The fraction of sp³-hybridized carbons (Fsp3) is 0.409. The minimum absolute atomic E-state index is 0.262. The molecule has 4 nitrogen and oxygen atoms in total. The Morgan fingerprint density at radius 3 is 2.65 bits per heavy atom. The second-order valence-electron chi connectivity index (χ2n) is 6.76. The van der Waals surface area contributed by atoms with E-state index in [0.29, 0.717) is 6.61 Å². The minimum atomic E-state index is -0.380. The summed E-state index contributed by atoms with van der Waals surface area (Å²) in [7, 11) is 0. The number of amides is 1. The van der Waals surface area contributed by atoms with Crippen molar-refractivity contribution in [3.63, 3.8) is 0 Å². The van der Waals surface area contributed by atoms with E-state index in [4.69, 9.17) is 9.47 Å². The molecule has 2 aromatic carbocycles. The minimum Gasteiger partial charge on any atom is -0.456 e. The first-order valence-electron chi connectivity index (χ1n) is 9.50. The normalized spacial score (nSPS) is 14.8. The standard InChI is InChI=1S/C22H27NO3/c1-3-4-5-6-9-15-25-22(24)23-20-17-12-7-8-14-19(17)26-21-16(2)11-10-13-18(20)21/h7-8,10-14,20H,3-6,9,15H2,1-2H3,(H,23,24)/t20-/m0/s1. The fourth-order valence-electron chi connectivity index (χ4n) is 3.32. The molecule has 1 heterocycles. The van der Waals surface area contributed by atoms with Gasteiger partial charge in [-0.25, -0.2) is 4.79 Å². The first kappa shape index (κ1) is 18.3. The average Bonchev–Trinajstić information content (AvgIpc) is 2.65. The number of carbonyl (C=O) groups excluding carboxylic acids is 1. The van der Waals surface area contributed by atoms with Crippen molar-refractivity contribution in [1.82, 2.24) is 5.32 Å². The summed E-state index contributed by atoms with van der Waals surface area (Å²) in [5.41, 5.74) is 2.96. The second-order valence-corrected chi connectivity index (χ2v) is 6.76. The average molecular weight is 353 g/mol. The summed E-state index contributed by atoms with van der Waals surface area (Å²) in [6.45, 7) is 4.66. The predicted molar refractivity (Wildman–Crippen MR) is 103 cm³/mol. The van der Waals surface area contributed by atoms with Crippen molar-refractivity contribution in [2.24, 2.45) is 0 Å². The number of alkyl carbamates (subject to hydrolysis) is 1. The van der Waals surface area contributed by atoms with Crippen LogP contribution in [0.25, 0.3) is 0 Å². The van der Waals surface area contributed by atoms with E-state index in [0.717, 1.165) is 41.0 Å². The molecule has 1 aliphatic rings. The summed E-state index contributed by atoms with van der Waals surface area (Å²) in [5.74, 6) is 1.59. The van der Waals surface area contributed by atoms with Gasteiger partial charge in [0.2, 0.25) is 0 Å². The highest BCUT2D eigenvalue weighted by molar-refractivity contribution is 5.70. The van der Waals surface area contributed by atoms with Crippen LogP contribution in [0.15, 0.2) is 42.5 Å². The fourth-order valence-corrected chi connectivity index (χ4v) is 3.32. The van der Waals surface area contributed by atoms with E-state index in [-0.39, 0.29) is 12.1 Å². The number of hydrogen-bond acceptors (Lipinski definition) is 3. The van der Waals surface area contributed by atoms with Gasteiger partial charge in [-0.05, 0) is 25.0 Å². The number of hydrogen-bond donors (Lipinski definition) is 1. The molecule has 0 saturated carbocycles. The summed E-state index contributed by atoms with van der Waals surface area (Å²) in [6, 6.07) is 13.5. The van der Waals surface area contributed by atoms with E-state index in [1.54, 1.807) is 0 Å². The highest BCUT2D eigenvalue weighted by Gasteiger charge is 2.29. The molecule has 0 aromatic heterocycles. The van der Waals surface area contributed by atoms with Crippen LogP contribution in [-0.2, 0) is 4.74 Å². The van der Waals surface area contributed by atoms with Gasteiger partial charge in [0.25, 0.3) is 0 Å². The van der Waals surface area contributed by atoms with Crippen LogP contribution in [0.4, 0.5) is 4.79 Å². The van der Waals surface area contributed by atoms with Gasteiger partial charge in [0.1, 0.15) is 11.5 Å². The molecule has 0 bridgehead atoms. The first-order valence-corrected chi connectivity index (χ1v) is 9.50. The maximum atomic E-state index is 12.3.